The van der Waals surface area contributed by atoms with E-state index >= 15 is 0 Å². The summed E-state index contributed by atoms with van der Waals surface area (Å²) in [6.07, 6.45) is 21.5. The van der Waals surface area contributed by atoms with Crippen LogP contribution in [0.3, 0.4) is 0 Å². The van der Waals surface area contributed by atoms with Gasteiger partial charge in [0, 0.05) is 12.5 Å². The SMILES string of the molecule is CCCCCCCC/C=C\CCCCCCC(C(N)=O)C(CC)CO. The van der Waals surface area contributed by atoms with Crippen molar-refractivity contribution < 1.29 is 9.90 Å². The Kier molecular flexibility index (Phi) is 17.4. The third-order valence-electron chi connectivity index (χ3n) is 5.22. The van der Waals surface area contributed by atoms with Gasteiger partial charge in [-0.2, -0.15) is 0 Å². The van der Waals surface area contributed by atoms with Gasteiger partial charge in [0.25, 0.3) is 0 Å². The fraction of sp³-hybridized carbons (Fsp3) is 0.864. The number of rotatable bonds is 18. The average molecular weight is 354 g/mol. The predicted octanol–water partition coefficient (Wildman–Crippen LogP) is 5.75. The van der Waals surface area contributed by atoms with Gasteiger partial charge in [-0.15, -0.1) is 0 Å². The number of carbonyl (C=O) groups excluding carboxylic acids is 1. The first-order valence-corrected chi connectivity index (χ1v) is 10.7. The zero-order valence-corrected chi connectivity index (χ0v) is 16.8. The Labute approximate surface area is 156 Å². The first-order chi connectivity index (χ1) is 12.2. The highest BCUT2D eigenvalue weighted by Crippen LogP contribution is 2.22. The first-order valence-electron chi connectivity index (χ1n) is 10.7. The van der Waals surface area contributed by atoms with E-state index in [1.54, 1.807) is 0 Å². The highest BCUT2D eigenvalue weighted by Gasteiger charge is 2.23. The van der Waals surface area contributed by atoms with Gasteiger partial charge in [0.1, 0.15) is 0 Å². The number of nitrogens with two attached hydrogens (primary N) is 1. The number of aliphatic hydroxyl groups is 1. The van der Waals surface area contributed by atoms with Crippen molar-refractivity contribution in [1.82, 2.24) is 0 Å². The zero-order chi connectivity index (χ0) is 18.8. The molecule has 0 spiro atoms. The molecule has 0 aliphatic rings. The molecule has 0 aromatic rings. The second-order valence-electron chi connectivity index (χ2n) is 7.38. The molecule has 0 saturated heterocycles. The normalized spacial score (nSPS) is 14.0. The zero-order valence-electron chi connectivity index (χ0n) is 16.8. The summed E-state index contributed by atoms with van der Waals surface area (Å²) in [6.45, 7) is 4.33. The van der Waals surface area contributed by atoms with Gasteiger partial charge >= 0.3 is 0 Å². The van der Waals surface area contributed by atoms with Crippen molar-refractivity contribution in [2.75, 3.05) is 6.61 Å². The van der Waals surface area contributed by atoms with E-state index in [4.69, 9.17) is 5.73 Å². The van der Waals surface area contributed by atoms with Gasteiger partial charge in [-0.3, -0.25) is 4.79 Å². The largest absolute Gasteiger partial charge is 0.396 e. The molecule has 0 radical (unpaired) electrons. The van der Waals surface area contributed by atoms with Crippen LogP contribution in [0.25, 0.3) is 0 Å². The fourth-order valence-electron chi connectivity index (χ4n) is 3.41. The summed E-state index contributed by atoms with van der Waals surface area (Å²) in [5.74, 6) is -0.381. The Morgan fingerprint density at radius 2 is 1.40 bits per heavy atom. The summed E-state index contributed by atoms with van der Waals surface area (Å²) in [5.41, 5.74) is 5.48. The minimum atomic E-state index is -0.251. The lowest BCUT2D eigenvalue weighted by molar-refractivity contribution is -0.124. The number of hydrogen-bond acceptors (Lipinski definition) is 2. The highest BCUT2D eigenvalue weighted by molar-refractivity contribution is 5.76. The van der Waals surface area contributed by atoms with Crippen LogP contribution in [0.15, 0.2) is 12.2 Å². The third kappa shape index (κ3) is 14.1. The monoisotopic (exact) mass is 353 g/mol. The minimum absolute atomic E-state index is 0.0300. The molecule has 25 heavy (non-hydrogen) atoms. The molecule has 148 valence electrons. The van der Waals surface area contributed by atoms with E-state index in [0.29, 0.717) is 0 Å². The summed E-state index contributed by atoms with van der Waals surface area (Å²) in [7, 11) is 0. The second-order valence-corrected chi connectivity index (χ2v) is 7.38. The molecule has 2 atom stereocenters. The molecule has 0 fully saturated rings. The topological polar surface area (TPSA) is 63.3 Å². The molecule has 0 rings (SSSR count). The molecule has 0 heterocycles. The van der Waals surface area contributed by atoms with E-state index in [1.807, 2.05) is 6.92 Å². The molecule has 3 nitrogen and oxygen atoms in total. The lowest BCUT2D eigenvalue weighted by atomic mass is 9.86. The summed E-state index contributed by atoms with van der Waals surface area (Å²) < 4.78 is 0. The van der Waals surface area contributed by atoms with Crippen molar-refractivity contribution in [2.45, 2.75) is 104 Å². The van der Waals surface area contributed by atoms with Crippen molar-refractivity contribution in [1.29, 1.82) is 0 Å². The third-order valence-corrected chi connectivity index (χ3v) is 5.22. The van der Waals surface area contributed by atoms with Crippen LogP contribution in [0.4, 0.5) is 0 Å². The highest BCUT2D eigenvalue weighted by atomic mass is 16.3. The molecular formula is C22H43NO2. The number of hydrogen-bond donors (Lipinski definition) is 2. The molecule has 0 aliphatic heterocycles. The number of primary amides is 1. The van der Waals surface area contributed by atoms with Crippen LogP contribution < -0.4 is 5.73 Å². The summed E-state index contributed by atoms with van der Waals surface area (Å²) >= 11 is 0. The van der Waals surface area contributed by atoms with E-state index in [9.17, 15) is 9.90 Å². The summed E-state index contributed by atoms with van der Waals surface area (Å²) in [5, 5.41) is 9.35. The summed E-state index contributed by atoms with van der Waals surface area (Å²) in [4.78, 5) is 11.5. The maximum atomic E-state index is 11.5. The molecule has 0 aromatic heterocycles. The van der Waals surface area contributed by atoms with E-state index in [-0.39, 0.29) is 24.3 Å². The number of aliphatic hydroxyl groups excluding tert-OH is 1. The van der Waals surface area contributed by atoms with Gasteiger partial charge in [0.05, 0.1) is 0 Å². The van der Waals surface area contributed by atoms with E-state index in [1.165, 1.54) is 64.2 Å². The van der Waals surface area contributed by atoms with Crippen molar-refractivity contribution in [2.24, 2.45) is 17.6 Å². The molecule has 0 saturated carbocycles. The van der Waals surface area contributed by atoms with E-state index < -0.39 is 0 Å². The number of allylic oxidation sites excluding steroid dienone is 2. The lowest BCUT2D eigenvalue weighted by Crippen LogP contribution is -2.31. The van der Waals surface area contributed by atoms with Crippen molar-refractivity contribution in [3.05, 3.63) is 12.2 Å². The average Bonchev–Trinajstić information content (AvgIpc) is 2.61. The second kappa shape index (κ2) is 18.0. The Balaban J connectivity index is 3.53. The van der Waals surface area contributed by atoms with Crippen LogP contribution in [-0.4, -0.2) is 17.6 Å². The van der Waals surface area contributed by atoms with Crippen molar-refractivity contribution >= 4 is 5.91 Å². The first kappa shape index (κ1) is 24.2. The molecule has 0 bridgehead atoms. The maximum Gasteiger partial charge on any atom is 0.220 e. The van der Waals surface area contributed by atoms with Crippen LogP contribution in [0.2, 0.25) is 0 Å². The van der Waals surface area contributed by atoms with Gasteiger partial charge in [-0.1, -0.05) is 83.8 Å². The fourth-order valence-corrected chi connectivity index (χ4v) is 3.41. The van der Waals surface area contributed by atoms with Crippen LogP contribution in [0.1, 0.15) is 104 Å². The van der Waals surface area contributed by atoms with Crippen LogP contribution in [0, 0.1) is 11.8 Å². The van der Waals surface area contributed by atoms with Gasteiger partial charge in [-0.25, -0.2) is 0 Å². The summed E-state index contributed by atoms with van der Waals surface area (Å²) in [6, 6.07) is 0. The minimum Gasteiger partial charge on any atom is -0.396 e. The molecule has 3 N–H and O–H groups in total. The standard InChI is InChI=1S/C22H43NO2/c1-3-5-6-7-8-9-10-11-12-13-14-15-16-17-18-21(22(23)25)20(4-2)19-24/h11-12,20-21,24H,3-10,13-19H2,1-2H3,(H2,23,25)/b12-11-. The molecule has 0 aliphatic carbocycles. The van der Waals surface area contributed by atoms with Crippen LogP contribution in [-0.2, 0) is 4.79 Å². The van der Waals surface area contributed by atoms with Gasteiger partial charge in [0.15, 0.2) is 0 Å². The van der Waals surface area contributed by atoms with Crippen molar-refractivity contribution in [3.63, 3.8) is 0 Å². The Morgan fingerprint density at radius 3 is 1.88 bits per heavy atom. The Hall–Kier alpha value is -0.830. The quantitative estimate of drug-likeness (QED) is 0.243. The molecular weight excluding hydrogens is 310 g/mol. The Bertz CT molecular complexity index is 324. The predicted molar refractivity (Wildman–Crippen MR) is 108 cm³/mol. The molecule has 0 aromatic carbocycles. The van der Waals surface area contributed by atoms with Crippen molar-refractivity contribution in [3.8, 4) is 0 Å². The molecule has 1 amide bonds. The van der Waals surface area contributed by atoms with Gasteiger partial charge in [0.2, 0.25) is 5.91 Å². The number of unbranched alkanes of at least 4 members (excludes halogenated alkanes) is 10. The van der Waals surface area contributed by atoms with Crippen LogP contribution in [0.5, 0.6) is 0 Å². The van der Waals surface area contributed by atoms with Gasteiger partial charge < -0.3 is 10.8 Å². The smallest absolute Gasteiger partial charge is 0.220 e. The number of carbonyl (C=O) groups is 1. The number of amides is 1. The maximum absolute atomic E-state index is 11.5. The lowest BCUT2D eigenvalue weighted by Gasteiger charge is -2.21. The van der Waals surface area contributed by atoms with Crippen LogP contribution >= 0.6 is 0 Å². The Morgan fingerprint density at radius 1 is 0.880 bits per heavy atom. The molecule has 3 heteroatoms. The van der Waals surface area contributed by atoms with Gasteiger partial charge in [-0.05, 0) is 38.0 Å². The molecule has 2 unspecified atom stereocenters. The van der Waals surface area contributed by atoms with E-state index in [2.05, 4.69) is 19.1 Å². The van der Waals surface area contributed by atoms with E-state index in [0.717, 1.165) is 25.7 Å².